The quantitative estimate of drug-likeness (QED) is 0.815. The largest absolute Gasteiger partial charge is 0.497 e. The van der Waals surface area contributed by atoms with Crippen molar-refractivity contribution in [1.29, 1.82) is 0 Å². The second kappa shape index (κ2) is 7.86. The Morgan fingerprint density at radius 3 is 3.00 bits per heavy atom. The maximum absolute atomic E-state index is 12.4. The number of hydrogen-bond acceptors (Lipinski definition) is 4. The number of nitrogens with zero attached hydrogens (tertiary/aromatic N) is 3. The van der Waals surface area contributed by atoms with Crippen LogP contribution in [0.25, 0.3) is 0 Å². The van der Waals surface area contributed by atoms with Crippen LogP contribution in [0.5, 0.6) is 11.5 Å². The minimum absolute atomic E-state index is 0.116. The number of rotatable bonds is 6. The number of aromatic nitrogens is 2. The summed E-state index contributed by atoms with van der Waals surface area (Å²) in [6.07, 6.45) is 5.59. The van der Waals surface area contributed by atoms with Gasteiger partial charge < -0.3 is 14.4 Å². The fourth-order valence-electron chi connectivity index (χ4n) is 2.97. The number of piperidine rings is 1. The molecule has 24 heavy (non-hydrogen) atoms. The fourth-order valence-corrected chi connectivity index (χ4v) is 2.97. The van der Waals surface area contributed by atoms with E-state index in [2.05, 4.69) is 5.10 Å². The summed E-state index contributed by atoms with van der Waals surface area (Å²) >= 11 is 0. The first-order valence-electron chi connectivity index (χ1n) is 8.26. The van der Waals surface area contributed by atoms with Crippen molar-refractivity contribution in [2.24, 2.45) is 5.92 Å². The molecular formula is C18H23N3O3. The molecule has 1 amide bonds. The summed E-state index contributed by atoms with van der Waals surface area (Å²) in [6.45, 7) is 2.47. The first-order valence-corrected chi connectivity index (χ1v) is 8.26. The Morgan fingerprint density at radius 2 is 2.21 bits per heavy atom. The van der Waals surface area contributed by atoms with Crippen molar-refractivity contribution in [2.75, 3.05) is 26.8 Å². The van der Waals surface area contributed by atoms with E-state index >= 15 is 0 Å². The molecule has 1 saturated heterocycles. The van der Waals surface area contributed by atoms with Crippen LogP contribution in [0.15, 0.2) is 42.7 Å². The number of hydrogen-bond donors (Lipinski definition) is 0. The first kappa shape index (κ1) is 16.4. The van der Waals surface area contributed by atoms with Crippen LogP contribution in [0.2, 0.25) is 0 Å². The molecule has 1 aliphatic rings. The lowest BCUT2D eigenvalue weighted by Gasteiger charge is -2.32. The molecule has 0 unspecified atom stereocenters. The molecule has 1 aromatic heterocycles. The lowest BCUT2D eigenvalue weighted by molar-refractivity contribution is -0.134. The summed E-state index contributed by atoms with van der Waals surface area (Å²) in [5.41, 5.74) is 0. The van der Waals surface area contributed by atoms with Gasteiger partial charge in [-0.1, -0.05) is 6.07 Å². The van der Waals surface area contributed by atoms with Crippen LogP contribution in [0.1, 0.15) is 12.8 Å². The molecule has 2 aromatic rings. The van der Waals surface area contributed by atoms with Gasteiger partial charge in [0.2, 0.25) is 5.91 Å². The van der Waals surface area contributed by atoms with Gasteiger partial charge in [-0.15, -0.1) is 0 Å². The molecule has 1 atom stereocenters. The molecule has 1 fully saturated rings. The van der Waals surface area contributed by atoms with E-state index in [4.69, 9.17) is 9.47 Å². The zero-order chi connectivity index (χ0) is 16.8. The van der Waals surface area contributed by atoms with Crippen molar-refractivity contribution in [3.05, 3.63) is 42.7 Å². The monoisotopic (exact) mass is 329 g/mol. The SMILES string of the molecule is COc1cccc(OC[C@H]2CCCN(C(=O)Cn3cccn3)C2)c1. The van der Waals surface area contributed by atoms with Crippen molar-refractivity contribution in [3.8, 4) is 11.5 Å². The van der Waals surface area contributed by atoms with Crippen LogP contribution in [0, 0.1) is 5.92 Å². The zero-order valence-electron chi connectivity index (χ0n) is 13.9. The smallest absolute Gasteiger partial charge is 0.244 e. The van der Waals surface area contributed by atoms with Crippen molar-refractivity contribution in [1.82, 2.24) is 14.7 Å². The highest BCUT2D eigenvalue weighted by Gasteiger charge is 2.24. The predicted molar refractivity (Wildman–Crippen MR) is 90.0 cm³/mol. The van der Waals surface area contributed by atoms with Crippen LogP contribution in [0.4, 0.5) is 0 Å². The van der Waals surface area contributed by atoms with Gasteiger partial charge >= 0.3 is 0 Å². The Morgan fingerprint density at radius 1 is 1.33 bits per heavy atom. The molecule has 1 aromatic carbocycles. The molecule has 0 spiro atoms. The number of ether oxygens (including phenoxy) is 2. The maximum Gasteiger partial charge on any atom is 0.244 e. The lowest BCUT2D eigenvalue weighted by atomic mass is 9.99. The Bertz CT molecular complexity index is 657. The summed E-state index contributed by atoms with van der Waals surface area (Å²) in [4.78, 5) is 14.3. The third-order valence-corrected chi connectivity index (χ3v) is 4.26. The van der Waals surface area contributed by atoms with Gasteiger partial charge in [0.15, 0.2) is 0 Å². The van der Waals surface area contributed by atoms with E-state index in [0.717, 1.165) is 37.4 Å². The zero-order valence-corrected chi connectivity index (χ0v) is 13.9. The Hall–Kier alpha value is -2.50. The molecule has 128 valence electrons. The highest BCUT2D eigenvalue weighted by atomic mass is 16.5. The predicted octanol–water partition coefficient (Wildman–Crippen LogP) is 2.21. The van der Waals surface area contributed by atoms with Gasteiger partial charge in [0.05, 0.1) is 13.7 Å². The van der Waals surface area contributed by atoms with E-state index in [1.54, 1.807) is 18.0 Å². The Balaban J connectivity index is 1.50. The summed E-state index contributed by atoms with van der Waals surface area (Å²) < 4.78 is 12.8. The third-order valence-electron chi connectivity index (χ3n) is 4.26. The van der Waals surface area contributed by atoms with Gasteiger partial charge in [-0.2, -0.15) is 5.10 Å². The van der Waals surface area contributed by atoms with E-state index in [1.807, 2.05) is 41.4 Å². The molecule has 0 bridgehead atoms. The van der Waals surface area contributed by atoms with Crippen LogP contribution in [-0.2, 0) is 11.3 Å². The molecule has 1 aliphatic heterocycles. The Kier molecular flexibility index (Phi) is 5.36. The van der Waals surface area contributed by atoms with Gasteiger partial charge in [0.25, 0.3) is 0 Å². The van der Waals surface area contributed by atoms with Gasteiger partial charge in [0.1, 0.15) is 18.0 Å². The van der Waals surface area contributed by atoms with Crippen LogP contribution in [0.3, 0.4) is 0 Å². The van der Waals surface area contributed by atoms with Gasteiger partial charge in [-0.05, 0) is 31.0 Å². The molecular weight excluding hydrogens is 306 g/mol. The lowest BCUT2D eigenvalue weighted by Crippen LogP contribution is -2.43. The normalized spacial score (nSPS) is 17.5. The fraction of sp³-hybridized carbons (Fsp3) is 0.444. The molecule has 3 rings (SSSR count). The van der Waals surface area contributed by atoms with Crippen molar-refractivity contribution >= 4 is 5.91 Å². The van der Waals surface area contributed by atoms with E-state index < -0.39 is 0 Å². The second-order valence-corrected chi connectivity index (χ2v) is 6.04. The minimum Gasteiger partial charge on any atom is -0.497 e. The summed E-state index contributed by atoms with van der Waals surface area (Å²) in [6, 6.07) is 9.43. The molecule has 0 radical (unpaired) electrons. The number of benzene rings is 1. The van der Waals surface area contributed by atoms with E-state index in [1.165, 1.54) is 0 Å². The van der Waals surface area contributed by atoms with Crippen molar-refractivity contribution in [2.45, 2.75) is 19.4 Å². The number of carbonyl (C=O) groups excluding carboxylic acids is 1. The number of likely N-dealkylation sites (tertiary alicyclic amines) is 1. The van der Waals surface area contributed by atoms with Crippen molar-refractivity contribution < 1.29 is 14.3 Å². The van der Waals surface area contributed by atoms with Crippen LogP contribution < -0.4 is 9.47 Å². The topological polar surface area (TPSA) is 56.6 Å². The van der Waals surface area contributed by atoms with E-state index in [9.17, 15) is 4.79 Å². The maximum atomic E-state index is 12.4. The Labute approximate surface area is 142 Å². The number of amides is 1. The number of carbonyl (C=O) groups is 1. The summed E-state index contributed by atoms with van der Waals surface area (Å²) in [5.74, 6) is 2.05. The highest BCUT2D eigenvalue weighted by Crippen LogP contribution is 2.22. The summed E-state index contributed by atoms with van der Waals surface area (Å²) in [5, 5.41) is 4.10. The van der Waals surface area contributed by atoms with E-state index in [-0.39, 0.29) is 5.91 Å². The standard InChI is InChI=1S/C18H23N3O3/c1-23-16-6-2-7-17(11-16)24-14-15-5-3-9-20(12-15)18(22)13-21-10-4-8-19-21/h2,4,6-8,10-11,15H,3,5,9,12-14H2,1H3/t15-/m0/s1. The number of methoxy groups -OCH3 is 1. The molecule has 0 aliphatic carbocycles. The molecule has 2 heterocycles. The average Bonchev–Trinajstić information content (AvgIpc) is 3.13. The molecule has 6 heteroatoms. The molecule has 0 saturated carbocycles. The second-order valence-electron chi connectivity index (χ2n) is 6.04. The molecule has 0 N–H and O–H groups in total. The first-order chi connectivity index (χ1) is 11.7. The summed E-state index contributed by atoms with van der Waals surface area (Å²) in [7, 11) is 1.64. The van der Waals surface area contributed by atoms with Crippen LogP contribution in [-0.4, -0.2) is 47.4 Å². The highest BCUT2D eigenvalue weighted by molar-refractivity contribution is 5.76. The molecule has 6 nitrogen and oxygen atoms in total. The average molecular weight is 329 g/mol. The van der Waals surface area contributed by atoms with Crippen molar-refractivity contribution in [3.63, 3.8) is 0 Å². The minimum atomic E-state index is 0.116. The van der Waals surface area contributed by atoms with Gasteiger partial charge in [-0.3, -0.25) is 9.48 Å². The van der Waals surface area contributed by atoms with Gasteiger partial charge in [-0.25, -0.2) is 0 Å². The van der Waals surface area contributed by atoms with E-state index in [0.29, 0.717) is 19.1 Å². The van der Waals surface area contributed by atoms with Gasteiger partial charge in [0, 0.05) is 37.5 Å². The van der Waals surface area contributed by atoms with Crippen LogP contribution >= 0.6 is 0 Å². The third kappa shape index (κ3) is 4.28.